The molecular weight excluding hydrogens is 469 g/mol. The number of hydrogen-bond acceptors (Lipinski definition) is 4. The van der Waals surface area contributed by atoms with Crippen LogP contribution in [0.3, 0.4) is 0 Å². The van der Waals surface area contributed by atoms with Gasteiger partial charge in [0, 0.05) is 42.2 Å². The van der Waals surface area contributed by atoms with Gasteiger partial charge < -0.3 is 19.9 Å². The Labute approximate surface area is 205 Å². The summed E-state index contributed by atoms with van der Waals surface area (Å²) in [6, 6.07) is 13.4. The largest absolute Gasteiger partial charge is 0.380 e. The molecule has 0 aliphatic rings. The molecule has 0 aliphatic heterocycles. The average Bonchev–Trinajstić information content (AvgIpc) is 2.79. The van der Waals surface area contributed by atoms with Gasteiger partial charge in [-0.25, -0.2) is 14.4 Å². The van der Waals surface area contributed by atoms with Crippen LogP contribution in [0, 0.1) is 5.82 Å². The van der Waals surface area contributed by atoms with Crippen LogP contribution in [0.15, 0.2) is 76.7 Å². The van der Waals surface area contributed by atoms with Gasteiger partial charge in [0.2, 0.25) is 5.91 Å². The summed E-state index contributed by atoms with van der Waals surface area (Å²) in [5, 5.41) is 5.47. The number of rotatable bonds is 9. The molecule has 0 spiro atoms. The van der Waals surface area contributed by atoms with Gasteiger partial charge in [-0.2, -0.15) is 0 Å². The van der Waals surface area contributed by atoms with Crippen LogP contribution in [-0.4, -0.2) is 42.3 Å². The minimum absolute atomic E-state index is 0.0799. The summed E-state index contributed by atoms with van der Waals surface area (Å²) in [5.41, 5.74) is 1.61. The molecule has 0 radical (unpaired) electrons. The van der Waals surface area contributed by atoms with E-state index in [4.69, 9.17) is 4.74 Å². The standard InChI is InChI=1S/C26H30FN3O4S/c1-34-17-18-5-7-19(8-6-18)25(29-24(32)16-30-13-11-21(31)12-14-30)26(33)28-20-9-10-23(22(27)15-20)35(2,3)4/h5-15,25H,16-17H2,1-4H3,(H,28,33)(H,29,32)/t25-/m1/s1. The number of hydrogen-bond donors (Lipinski definition) is 2. The maximum Gasteiger partial charge on any atom is 0.251 e. The molecule has 35 heavy (non-hydrogen) atoms. The van der Waals surface area contributed by atoms with Crippen LogP contribution in [-0.2, 0) is 27.5 Å². The summed E-state index contributed by atoms with van der Waals surface area (Å²) in [6.07, 6.45) is 8.97. The zero-order valence-electron chi connectivity index (χ0n) is 20.2. The molecule has 0 fully saturated rings. The number of anilines is 1. The highest BCUT2D eigenvalue weighted by atomic mass is 32.3. The first kappa shape index (κ1) is 26.2. The van der Waals surface area contributed by atoms with Gasteiger partial charge in [-0.3, -0.25) is 14.4 Å². The van der Waals surface area contributed by atoms with Crippen LogP contribution < -0.4 is 16.1 Å². The van der Waals surface area contributed by atoms with E-state index in [2.05, 4.69) is 10.6 Å². The van der Waals surface area contributed by atoms with Gasteiger partial charge in [0.15, 0.2) is 5.43 Å². The molecule has 0 saturated carbocycles. The van der Waals surface area contributed by atoms with Crippen LogP contribution in [0.4, 0.5) is 10.1 Å². The number of nitrogens with zero attached hydrogens (tertiary/aromatic N) is 1. The predicted molar refractivity (Wildman–Crippen MR) is 137 cm³/mol. The van der Waals surface area contributed by atoms with Crippen LogP contribution in [0.25, 0.3) is 0 Å². The molecule has 0 bridgehead atoms. The Hall–Kier alpha value is -3.43. The molecule has 7 nitrogen and oxygen atoms in total. The quantitative estimate of drug-likeness (QED) is 0.470. The van der Waals surface area contributed by atoms with E-state index in [1.807, 2.05) is 30.9 Å². The van der Waals surface area contributed by atoms with Gasteiger partial charge in [0.1, 0.15) is 18.4 Å². The summed E-state index contributed by atoms with van der Waals surface area (Å²) in [4.78, 5) is 37.9. The molecule has 1 heterocycles. The van der Waals surface area contributed by atoms with Gasteiger partial charge in [-0.05, 0) is 48.1 Å². The molecule has 1 aromatic heterocycles. The van der Waals surface area contributed by atoms with Crippen molar-refractivity contribution in [1.82, 2.24) is 9.88 Å². The third-order valence-electron chi connectivity index (χ3n) is 5.24. The molecule has 1 atom stereocenters. The lowest BCUT2D eigenvalue weighted by Crippen LogP contribution is -2.38. The van der Waals surface area contributed by atoms with Crippen molar-refractivity contribution in [2.75, 3.05) is 31.2 Å². The van der Waals surface area contributed by atoms with E-state index in [9.17, 15) is 18.8 Å². The highest BCUT2D eigenvalue weighted by Gasteiger charge is 2.24. The van der Waals surface area contributed by atoms with Gasteiger partial charge >= 0.3 is 0 Å². The lowest BCUT2D eigenvalue weighted by atomic mass is 10.0. The van der Waals surface area contributed by atoms with Crippen molar-refractivity contribution in [1.29, 1.82) is 0 Å². The Kier molecular flexibility index (Phi) is 8.48. The fourth-order valence-corrected chi connectivity index (χ4v) is 4.60. The fraction of sp³-hybridized carbons (Fsp3) is 0.269. The number of aromatic nitrogens is 1. The molecule has 0 aliphatic carbocycles. The molecule has 0 unspecified atom stereocenters. The molecule has 3 rings (SSSR count). The highest BCUT2D eigenvalue weighted by molar-refractivity contribution is 8.32. The van der Waals surface area contributed by atoms with Crippen molar-refractivity contribution < 1.29 is 18.7 Å². The number of benzene rings is 2. The number of methoxy groups -OCH3 is 1. The number of halogens is 1. The van der Waals surface area contributed by atoms with E-state index in [0.29, 0.717) is 22.8 Å². The zero-order valence-corrected chi connectivity index (χ0v) is 21.0. The predicted octanol–water partition coefficient (Wildman–Crippen LogP) is 3.68. The molecule has 2 amide bonds. The fourth-order valence-electron chi connectivity index (χ4n) is 3.48. The Morgan fingerprint density at radius 2 is 1.69 bits per heavy atom. The number of amides is 2. The normalized spacial score (nSPS) is 12.6. The summed E-state index contributed by atoms with van der Waals surface area (Å²) < 4.78 is 21.4. The first-order chi connectivity index (χ1) is 16.6. The van der Waals surface area contributed by atoms with E-state index in [1.54, 1.807) is 31.4 Å². The van der Waals surface area contributed by atoms with Gasteiger partial charge in [0.05, 0.1) is 6.61 Å². The summed E-state index contributed by atoms with van der Waals surface area (Å²) >= 11 is 0. The van der Waals surface area contributed by atoms with Crippen LogP contribution >= 0.6 is 10.0 Å². The maximum absolute atomic E-state index is 14.7. The Morgan fingerprint density at radius 1 is 1.03 bits per heavy atom. The van der Waals surface area contributed by atoms with E-state index in [1.165, 1.54) is 35.2 Å². The summed E-state index contributed by atoms with van der Waals surface area (Å²) in [5.74, 6) is -1.31. The summed E-state index contributed by atoms with van der Waals surface area (Å²) in [6.45, 7) is 0.334. The lowest BCUT2D eigenvalue weighted by Gasteiger charge is -2.26. The number of carbonyl (C=O) groups is 2. The molecule has 2 aromatic carbocycles. The average molecular weight is 500 g/mol. The molecule has 2 N–H and O–H groups in total. The zero-order chi connectivity index (χ0) is 25.6. The van der Waals surface area contributed by atoms with Gasteiger partial charge in [-0.15, -0.1) is 0 Å². The smallest absolute Gasteiger partial charge is 0.251 e. The maximum atomic E-state index is 14.7. The third kappa shape index (κ3) is 7.27. The SMILES string of the molecule is COCc1ccc([C@@H](NC(=O)Cn2ccc(=O)cc2)C(=O)Nc2ccc(S(C)(C)C)c(F)c2)cc1. The minimum Gasteiger partial charge on any atom is -0.380 e. The van der Waals surface area contributed by atoms with Crippen LogP contribution in [0.1, 0.15) is 17.2 Å². The monoisotopic (exact) mass is 499 g/mol. The first-order valence-corrected chi connectivity index (χ1v) is 13.7. The Balaban J connectivity index is 1.83. The Bertz CT molecular complexity index is 1230. The van der Waals surface area contributed by atoms with E-state index >= 15 is 0 Å². The molecule has 0 saturated heterocycles. The van der Waals surface area contributed by atoms with Crippen molar-refractivity contribution in [3.05, 3.63) is 94.2 Å². The second-order valence-corrected chi connectivity index (χ2v) is 13.0. The van der Waals surface area contributed by atoms with E-state index in [0.717, 1.165) is 5.56 Å². The van der Waals surface area contributed by atoms with E-state index < -0.39 is 27.9 Å². The molecule has 186 valence electrons. The van der Waals surface area contributed by atoms with Crippen molar-refractivity contribution >= 4 is 27.5 Å². The molecule has 3 aromatic rings. The summed E-state index contributed by atoms with van der Waals surface area (Å²) in [7, 11) is 0.318. The number of nitrogens with one attached hydrogen (secondary N) is 2. The molecular formula is C26H30FN3O4S. The van der Waals surface area contributed by atoms with Crippen molar-refractivity contribution in [3.8, 4) is 0 Å². The number of ether oxygens (including phenoxy) is 1. The number of pyridine rings is 1. The Morgan fingerprint density at radius 3 is 2.26 bits per heavy atom. The highest BCUT2D eigenvalue weighted by Crippen LogP contribution is 2.46. The van der Waals surface area contributed by atoms with Crippen molar-refractivity contribution in [3.63, 3.8) is 0 Å². The van der Waals surface area contributed by atoms with Gasteiger partial charge in [0.25, 0.3) is 5.91 Å². The lowest BCUT2D eigenvalue weighted by molar-refractivity contribution is -0.127. The number of carbonyl (C=O) groups excluding carboxylic acids is 2. The van der Waals surface area contributed by atoms with Gasteiger partial charge in [-0.1, -0.05) is 24.3 Å². The van der Waals surface area contributed by atoms with Crippen LogP contribution in [0.2, 0.25) is 0 Å². The third-order valence-corrected chi connectivity index (χ3v) is 6.89. The topological polar surface area (TPSA) is 89.4 Å². The molecule has 9 heteroatoms. The van der Waals surface area contributed by atoms with Crippen molar-refractivity contribution in [2.24, 2.45) is 0 Å². The second kappa shape index (κ2) is 11.3. The van der Waals surface area contributed by atoms with Crippen molar-refractivity contribution in [2.45, 2.75) is 24.1 Å². The van der Waals surface area contributed by atoms with E-state index in [-0.39, 0.29) is 17.8 Å². The second-order valence-electron chi connectivity index (χ2n) is 8.85. The first-order valence-electron chi connectivity index (χ1n) is 10.9. The minimum atomic E-state index is -1.27. The van der Waals surface area contributed by atoms with Crippen LogP contribution in [0.5, 0.6) is 0 Å².